The molecule has 0 radical (unpaired) electrons. The third-order valence-electron chi connectivity index (χ3n) is 1.83. The van der Waals surface area contributed by atoms with Crippen molar-refractivity contribution >= 4 is 11.8 Å². The highest BCUT2D eigenvalue weighted by molar-refractivity contribution is 5.90. The minimum atomic E-state index is -1.11. The van der Waals surface area contributed by atoms with E-state index in [0.717, 1.165) is 0 Å². The molecule has 0 aromatic carbocycles. The SMILES string of the molecule is CNC(=O)C(C)NC(=O)C(C)(C)C#N. The maximum atomic E-state index is 11.4. The summed E-state index contributed by atoms with van der Waals surface area (Å²) in [5, 5.41) is 13.5. The number of amides is 2. The summed E-state index contributed by atoms with van der Waals surface area (Å²) in [6, 6.07) is 1.23. The van der Waals surface area contributed by atoms with Crippen molar-refractivity contribution in [3.63, 3.8) is 0 Å². The van der Waals surface area contributed by atoms with Crippen molar-refractivity contribution in [2.75, 3.05) is 7.05 Å². The molecule has 0 aliphatic heterocycles. The highest BCUT2D eigenvalue weighted by Crippen LogP contribution is 2.12. The molecule has 1 unspecified atom stereocenters. The van der Waals surface area contributed by atoms with Gasteiger partial charge in [-0.15, -0.1) is 0 Å². The number of rotatable bonds is 3. The van der Waals surface area contributed by atoms with Gasteiger partial charge < -0.3 is 10.6 Å². The number of likely N-dealkylation sites (N-methyl/N-ethyl adjacent to an activating group) is 1. The van der Waals surface area contributed by atoms with Crippen LogP contribution in [0.2, 0.25) is 0 Å². The van der Waals surface area contributed by atoms with E-state index in [-0.39, 0.29) is 5.91 Å². The Kier molecular flexibility index (Phi) is 4.09. The van der Waals surface area contributed by atoms with Crippen molar-refractivity contribution in [1.82, 2.24) is 10.6 Å². The van der Waals surface area contributed by atoms with Crippen LogP contribution >= 0.6 is 0 Å². The van der Waals surface area contributed by atoms with Gasteiger partial charge in [-0.05, 0) is 20.8 Å². The lowest BCUT2D eigenvalue weighted by molar-refractivity contribution is -0.131. The molecule has 0 rings (SSSR count). The van der Waals surface area contributed by atoms with Gasteiger partial charge in [0.2, 0.25) is 11.8 Å². The first-order chi connectivity index (χ1) is 6.35. The van der Waals surface area contributed by atoms with E-state index in [4.69, 9.17) is 5.26 Å². The lowest BCUT2D eigenvalue weighted by atomic mass is 9.94. The average Bonchev–Trinajstić information content (AvgIpc) is 2.16. The van der Waals surface area contributed by atoms with Crippen LogP contribution in [-0.2, 0) is 9.59 Å². The molecule has 78 valence electrons. The maximum absolute atomic E-state index is 11.4. The molecule has 0 aliphatic rings. The number of carbonyl (C=O) groups is 2. The van der Waals surface area contributed by atoms with E-state index in [1.807, 2.05) is 6.07 Å². The molecule has 2 amide bonds. The number of nitrogens with zero attached hydrogens (tertiary/aromatic N) is 1. The Hall–Kier alpha value is -1.57. The van der Waals surface area contributed by atoms with Gasteiger partial charge in [0, 0.05) is 7.05 Å². The second-order valence-electron chi connectivity index (χ2n) is 3.55. The number of carbonyl (C=O) groups excluding carboxylic acids is 2. The Morgan fingerprint density at radius 1 is 1.43 bits per heavy atom. The first-order valence-electron chi connectivity index (χ1n) is 4.29. The summed E-state index contributed by atoms with van der Waals surface area (Å²) in [7, 11) is 1.49. The fourth-order valence-electron chi connectivity index (χ4n) is 0.710. The van der Waals surface area contributed by atoms with Crippen LogP contribution in [0.5, 0.6) is 0 Å². The van der Waals surface area contributed by atoms with Crippen molar-refractivity contribution in [1.29, 1.82) is 5.26 Å². The molecule has 0 fully saturated rings. The summed E-state index contributed by atoms with van der Waals surface area (Å²) in [6.45, 7) is 4.56. The number of nitrogens with one attached hydrogen (secondary N) is 2. The van der Waals surface area contributed by atoms with Crippen LogP contribution in [0.1, 0.15) is 20.8 Å². The highest BCUT2D eigenvalue weighted by atomic mass is 16.2. The average molecular weight is 197 g/mol. The molecule has 0 heterocycles. The third kappa shape index (κ3) is 3.05. The number of hydrogen-bond donors (Lipinski definition) is 2. The number of nitriles is 1. The van der Waals surface area contributed by atoms with Gasteiger partial charge in [-0.3, -0.25) is 9.59 Å². The normalized spacial score (nSPS) is 12.5. The second kappa shape index (κ2) is 4.61. The van der Waals surface area contributed by atoms with Gasteiger partial charge in [0.15, 0.2) is 0 Å². The summed E-state index contributed by atoms with van der Waals surface area (Å²) in [5.74, 6) is -0.733. The van der Waals surface area contributed by atoms with E-state index in [9.17, 15) is 9.59 Å². The smallest absolute Gasteiger partial charge is 0.242 e. The van der Waals surface area contributed by atoms with Crippen LogP contribution in [0.25, 0.3) is 0 Å². The third-order valence-corrected chi connectivity index (χ3v) is 1.83. The molecular weight excluding hydrogens is 182 g/mol. The highest BCUT2D eigenvalue weighted by Gasteiger charge is 2.29. The van der Waals surface area contributed by atoms with Gasteiger partial charge in [-0.25, -0.2) is 0 Å². The molecule has 5 nitrogen and oxygen atoms in total. The zero-order valence-corrected chi connectivity index (χ0v) is 8.84. The predicted molar refractivity (Wildman–Crippen MR) is 51.1 cm³/mol. The van der Waals surface area contributed by atoms with Crippen molar-refractivity contribution in [3.05, 3.63) is 0 Å². The molecule has 0 bridgehead atoms. The molecule has 2 N–H and O–H groups in total. The van der Waals surface area contributed by atoms with E-state index in [2.05, 4.69) is 10.6 Å². The predicted octanol–water partition coefficient (Wildman–Crippen LogP) is -0.213. The molecule has 0 saturated carbocycles. The van der Waals surface area contributed by atoms with Crippen LogP contribution in [0.4, 0.5) is 0 Å². The van der Waals surface area contributed by atoms with E-state index >= 15 is 0 Å². The van der Waals surface area contributed by atoms with Crippen molar-refractivity contribution < 1.29 is 9.59 Å². The fourth-order valence-corrected chi connectivity index (χ4v) is 0.710. The zero-order valence-electron chi connectivity index (χ0n) is 8.84. The van der Waals surface area contributed by atoms with E-state index in [1.165, 1.54) is 20.9 Å². The summed E-state index contributed by atoms with van der Waals surface area (Å²) >= 11 is 0. The first kappa shape index (κ1) is 12.4. The van der Waals surface area contributed by atoms with Crippen molar-refractivity contribution in [2.24, 2.45) is 5.41 Å². The van der Waals surface area contributed by atoms with Gasteiger partial charge >= 0.3 is 0 Å². The topological polar surface area (TPSA) is 82.0 Å². The molecule has 0 saturated heterocycles. The minimum Gasteiger partial charge on any atom is -0.357 e. The van der Waals surface area contributed by atoms with E-state index < -0.39 is 17.4 Å². The molecule has 0 aromatic rings. The van der Waals surface area contributed by atoms with E-state index in [1.54, 1.807) is 6.92 Å². The quantitative estimate of drug-likeness (QED) is 0.656. The molecule has 0 spiro atoms. The van der Waals surface area contributed by atoms with Crippen LogP contribution < -0.4 is 10.6 Å². The molecule has 5 heteroatoms. The van der Waals surface area contributed by atoms with Crippen LogP contribution in [-0.4, -0.2) is 24.9 Å². The van der Waals surface area contributed by atoms with Gasteiger partial charge in [0.25, 0.3) is 0 Å². The van der Waals surface area contributed by atoms with Crippen LogP contribution in [0, 0.1) is 16.7 Å². The zero-order chi connectivity index (χ0) is 11.4. The molecule has 14 heavy (non-hydrogen) atoms. The maximum Gasteiger partial charge on any atom is 0.242 e. The molecule has 0 aromatic heterocycles. The largest absolute Gasteiger partial charge is 0.357 e. The van der Waals surface area contributed by atoms with E-state index in [0.29, 0.717) is 0 Å². The minimum absolute atomic E-state index is 0.285. The summed E-state index contributed by atoms with van der Waals surface area (Å²) in [5.41, 5.74) is -1.11. The van der Waals surface area contributed by atoms with Gasteiger partial charge in [0.05, 0.1) is 6.07 Å². The first-order valence-corrected chi connectivity index (χ1v) is 4.29. The lowest BCUT2D eigenvalue weighted by Gasteiger charge is -2.18. The summed E-state index contributed by atoms with van der Waals surface area (Å²) in [6.07, 6.45) is 0. The Morgan fingerprint density at radius 2 is 1.93 bits per heavy atom. The molecule has 1 atom stereocenters. The number of hydrogen-bond acceptors (Lipinski definition) is 3. The Bertz CT molecular complexity index is 278. The standard InChI is InChI=1S/C9H15N3O2/c1-6(7(13)11-4)12-8(14)9(2,3)5-10/h6H,1-4H3,(H,11,13)(H,12,14). The Labute approximate surface area is 83.5 Å². The second-order valence-corrected chi connectivity index (χ2v) is 3.55. The summed E-state index contributed by atoms with van der Waals surface area (Å²) in [4.78, 5) is 22.5. The van der Waals surface area contributed by atoms with Crippen molar-refractivity contribution in [3.8, 4) is 6.07 Å². The Balaban J connectivity index is 4.36. The van der Waals surface area contributed by atoms with Crippen molar-refractivity contribution in [2.45, 2.75) is 26.8 Å². The molecular formula is C9H15N3O2. The van der Waals surface area contributed by atoms with Crippen LogP contribution in [0.3, 0.4) is 0 Å². The summed E-state index contributed by atoms with van der Waals surface area (Å²) < 4.78 is 0. The van der Waals surface area contributed by atoms with Gasteiger partial charge in [-0.2, -0.15) is 5.26 Å². The Morgan fingerprint density at radius 3 is 2.29 bits per heavy atom. The van der Waals surface area contributed by atoms with Gasteiger partial charge in [-0.1, -0.05) is 0 Å². The monoisotopic (exact) mass is 197 g/mol. The lowest BCUT2D eigenvalue weighted by Crippen LogP contribution is -2.47. The van der Waals surface area contributed by atoms with Crippen LogP contribution in [0.15, 0.2) is 0 Å². The molecule has 0 aliphatic carbocycles. The van der Waals surface area contributed by atoms with Gasteiger partial charge in [0.1, 0.15) is 11.5 Å². The fraction of sp³-hybridized carbons (Fsp3) is 0.667.